The first-order valence-corrected chi connectivity index (χ1v) is 7.26. The Bertz CT molecular complexity index is 444. The van der Waals surface area contributed by atoms with Crippen molar-refractivity contribution in [2.75, 3.05) is 13.1 Å². The fourth-order valence-electron chi connectivity index (χ4n) is 2.53. The van der Waals surface area contributed by atoms with E-state index in [1.54, 1.807) is 0 Å². The van der Waals surface area contributed by atoms with Crippen LogP contribution in [0.2, 0.25) is 5.02 Å². The summed E-state index contributed by atoms with van der Waals surface area (Å²) in [7, 11) is 0. The van der Waals surface area contributed by atoms with E-state index in [2.05, 4.69) is 12.2 Å². The zero-order chi connectivity index (χ0) is 13.8. The summed E-state index contributed by atoms with van der Waals surface area (Å²) in [5, 5.41) is 4.08. The average molecular weight is 281 g/mol. The van der Waals surface area contributed by atoms with E-state index in [0.717, 1.165) is 36.5 Å². The van der Waals surface area contributed by atoms with Crippen LogP contribution in [0, 0.1) is 0 Å². The van der Waals surface area contributed by atoms with Gasteiger partial charge in [-0.05, 0) is 44.4 Å². The smallest absolute Gasteiger partial charge is 0.239 e. The van der Waals surface area contributed by atoms with Gasteiger partial charge in [-0.3, -0.25) is 10.1 Å². The molecule has 1 aromatic carbocycles. The lowest BCUT2D eigenvalue weighted by Crippen LogP contribution is -2.44. The SMILES string of the molecule is CC(NC(C)c1cccc(Cl)c1)C(=O)N1CCCC1. The minimum Gasteiger partial charge on any atom is -0.341 e. The molecule has 1 heterocycles. The minimum absolute atomic E-state index is 0.111. The van der Waals surface area contributed by atoms with Gasteiger partial charge in [0.2, 0.25) is 5.91 Å². The number of rotatable bonds is 4. The van der Waals surface area contributed by atoms with E-state index in [-0.39, 0.29) is 18.0 Å². The van der Waals surface area contributed by atoms with Crippen molar-refractivity contribution in [1.82, 2.24) is 10.2 Å². The Morgan fingerprint density at radius 1 is 1.32 bits per heavy atom. The van der Waals surface area contributed by atoms with E-state index in [1.807, 2.05) is 36.1 Å². The molecule has 1 aliphatic rings. The molecular weight excluding hydrogens is 260 g/mol. The zero-order valence-corrected chi connectivity index (χ0v) is 12.3. The fraction of sp³-hybridized carbons (Fsp3) is 0.533. The predicted octanol–water partition coefficient (Wildman–Crippen LogP) is 3.00. The zero-order valence-electron chi connectivity index (χ0n) is 11.5. The number of nitrogens with one attached hydrogen (secondary N) is 1. The number of halogens is 1. The van der Waals surface area contributed by atoms with Gasteiger partial charge < -0.3 is 4.90 Å². The molecule has 1 N–H and O–H groups in total. The van der Waals surface area contributed by atoms with Crippen LogP contribution in [0.15, 0.2) is 24.3 Å². The largest absolute Gasteiger partial charge is 0.341 e. The molecule has 0 bridgehead atoms. The molecule has 2 rings (SSSR count). The third kappa shape index (κ3) is 3.71. The van der Waals surface area contributed by atoms with Crippen LogP contribution in [0.5, 0.6) is 0 Å². The van der Waals surface area contributed by atoms with Crippen molar-refractivity contribution in [2.45, 2.75) is 38.8 Å². The average Bonchev–Trinajstić information content (AvgIpc) is 2.91. The summed E-state index contributed by atoms with van der Waals surface area (Å²) in [6.07, 6.45) is 2.25. The summed E-state index contributed by atoms with van der Waals surface area (Å²) in [6.45, 7) is 5.79. The Labute approximate surface area is 119 Å². The van der Waals surface area contributed by atoms with E-state index >= 15 is 0 Å². The highest BCUT2D eigenvalue weighted by atomic mass is 35.5. The number of carbonyl (C=O) groups excluding carboxylic acids is 1. The number of likely N-dealkylation sites (tertiary alicyclic amines) is 1. The van der Waals surface area contributed by atoms with Gasteiger partial charge in [-0.15, -0.1) is 0 Å². The highest BCUT2D eigenvalue weighted by molar-refractivity contribution is 6.30. The molecule has 0 radical (unpaired) electrons. The summed E-state index contributed by atoms with van der Waals surface area (Å²) in [5.74, 6) is 0.200. The maximum Gasteiger partial charge on any atom is 0.239 e. The maximum atomic E-state index is 12.2. The Kier molecular flexibility index (Phi) is 4.83. The van der Waals surface area contributed by atoms with Crippen molar-refractivity contribution in [3.63, 3.8) is 0 Å². The van der Waals surface area contributed by atoms with Crippen LogP contribution in [-0.2, 0) is 4.79 Å². The first-order valence-electron chi connectivity index (χ1n) is 6.88. The van der Waals surface area contributed by atoms with Crippen molar-refractivity contribution >= 4 is 17.5 Å². The monoisotopic (exact) mass is 280 g/mol. The topological polar surface area (TPSA) is 32.3 Å². The van der Waals surface area contributed by atoms with Crippen LogP contribution in [0.1, 0.15) is 38.3 Å². The van der Waals surface area contributed by atoms with Gasteiger partial charge in [-0.2, -0.15) is 0 Å². The summed E-state index contributed by atoms with van der Waals surface area (Å²) < 4.78 is 0. The molecule has 0 spiro atoms. The molecule has 1 saturated heterocycles. The molecule has 0 saturated carbocycles. The molecule has 0 aliphatic carbocycles. The highest BCUT2D eigenvalue weighted by Crippen LogP contribution is 2.18. The van der Waals surface area contributed by atoms with Crippen LogP contribution in [0.3, 0.4) is 0 Å². The van der Waals surface area contributed by atoms with Gasteiger partial charge in [0, 0.05) is 24.2 Å². The van der Waals surface area contributed by atoms with Crippen molar-refractivity contribution < 1.29 is 4.79 Å². The van der Waals surface area contributed by atoms with E-state index < -0.39 is 0 Å². The second kappa shape index (κ2) is 6.40. The van der Waals surface area contributed by atoms with Gasteiger partial charge in [0.05, 0.1) is 6.04 Å². The standard InChI is InChI=1S/C15H21ClN2O/c1-11(13-6-5-7-14(16)10-13)17-12(2)15(19)18-8-3-4-9-18/h5-7,10-12,17H,3-4,8-9H2,1-2H3. The Hall–Kier alpha value is -1.06. The van der Waals surface area contributed by atoms with Crippen LogP contribution in [-0.4, -0.2) is 29.9 Å². The summed E-state index contributed by atoms with van der Waals surface area (Å²) in [4.78, 5) is 14.2. The molecule has 1 amide bonds. The predicted molar refractivity (Wildman–Crippen MR) is 78.3 cm³/mol. The van der Waals surface area contributed by atoms with Crippen LogP contribution < -0.4 is 5.32 Å². The molecule has 3 nitrogen and oxygen atoms in total. The van der Waals surface area contributed by atoms with Crippen molar-refractivity contribution in [1.29, 1.82) is 0 Å². The first kappa shape index (κ1) is 14.4. The Morgan fingerprint density at radius 3 is 2.63 bits per heavy atom. The third-order valence-corrected chi connectivity index (χ3v) is 3.87. The van der Waals surface area contributed by atoms with Crippen LogP contribution in [0.25, 0.3) is 0 Å². The summed E-state index contributed by atoms with van der Waals surface area (Å²) in [5.41, 5.74) is 1.11. The lowest BCUT2D eigenvalue weighted by Gasteiger charge is -2.24. The quantitative estimate of drug-likeness (QED) is 0.920. The molecule has 2 atom stereocenters. The molecule has 1 fully saturated rings. The van der Waals surface area contributed by atoms with E-state index in [4.69, 9.17) is 11.6 Å². The molecule has 104 valence electrons. The van der Waals surface area contributed by atoms with Gasteiger partial charge in [0.1, 0.15) is 0 Å². The van der Waals surface area contributed by atoms with Gasteiger partial charge in [-0.1, -0.05) is 23.7 Å². The van der Waals surface area contributed by atoms with E-state index in [0.29, 0.717) is 0 Å². The van der Waals surface area contributed by atoms with Gasteiger partial charge >= 0.3 is 0 Å². The molecule has 2 unspecified atom stereocenters. The fourth-order valence-corrected chi connectivity index (χ4v) is 2.73. The maximum absolute atomic E-state index is 12.2. The Morgan fingerprint density at radius 2 is 2.00 bits per heavy atom. The molecule has 1 aromatic rings. The van der Waals surface area contributed by atoms with Crippen LogP contribution >= 0.6 is 11.6 Å². The highest BCUT2D eigenvalue weighted by Gasteiger charge is 2.24. The number of nitrogens with zero attached hydrogens (tertiary/aromatic N) is 1. The van der Waals surface area contributed by atoms with Gasteiger partial charge in [0.25, 0.3) is 0 Å². The molecular formula is C15H21ClN2O. The number of benzene rings is 1. The Balaban J connectivity index is 1.94. The summed E-state index contributed by atoms with van der Waals surface area (Å²) >= 11 is 5.99. The molecule has 19 heavy (non-hydrogen) atoms. The molecule has 0 aromatic heterocycles. The lowest BCUT2D eigenvalue weighted by atomic mass is 10.1. The lowest BCUT2D eigenvalue weighted by molar-refractivity contribution is -0.132. The van der Waals surface area contributed by atoms with Crippen LogP contribution in [0.4, 0.5) is 0 Å². The van der Waals surface area contributed by atoms with Crippen molar-refractivity contribution in [2.24, 2.45) is 0 Å². The molecule has 1 aliphatic heterocycles. The number of hydrogen-bond donors (Lipinski definition) is 1. The van der Waals surface area contributed by atoms with Gasteiger partial charge in [-0.25, -0.2) is 0 Å². The first-order chi connectivity index (χ1) is 9.08. The number of amides is 1. The molecule has 4 heteroatoms. The van der Waals surface area contributed by atoms with E-state index in [1.165, 1.54) is 0 Å². The van der Waals surface area contributed by atoms with Gasteiger partial charge in [0.15, 0.2) is 0 Å². The van der Waals surface area contributed by atoms with E-state index in [9.17, 15) is 4.79 Å². The normalized spacial score (nSPS) is 18.4. The second-order valence-corrected chi connectivity index (χ2v) is 5.63. The number of hydrogen-bond acceptors (Lipinski definition) is 2. The van der Waals surface area contributed by atoms with Crippen molar-refractivity contribution in [3.05, 3.63) is 34.9 Å². The van der Waals surface area contributed by atoms with Crippen molar-refractivity contribution in [3.8, 4) is 0 Å². The number of carbonyl (C=O) groups is 1. The second-order valence-electron chi connectivity index (χ2n) is 5.20. The minimum atomic E-state index is -0.160. The summed E-state index contributed by atoms with van der Waals surface area (Å²) in [6, 6.07) is 7.70. The third-order valence-electron chi connectivity index (χ3n) is 3.64.